The van der Waals surface area contributed by atoms with Crippen molar-refractivity contribution in [1.82, 2.24) is 0 Å². The van der Waals surface area contributed by atoms with E-state index < -0.39 is 0 Å². The van der Waals surface area contributed by atoms with Gasteiger partial charge in [0.2, 0.25) is 0 Å². The molecule has 0 fully saturated rings. The molecule has 0 radical (unpaired) electrons. The molecule has 0 spiro atoms. The maximum Gasteiger partial charge on any atom is 0.143 e. The first-order valence-electron chi connectivity index (χ1n) is 22.7. The number of rotatable bonds is 7. The van der Waals surface area contributed by atoms with Crippen molar-refractivity contribution in [3.8, 4) is 44.5 Å². The molecule has 66 heavy (non-hydrogen) atoms. The van der Waals surface area contributed by atoms with Crippen molar-refractivity contribution in [1.29, 1.82) is 0 Å². The van der Waals surface area contributed by atoms with Gasteiger partial charge in [-0.2, -0.15) is 0 Å². The summed E-state index contributed by atoms with van der Waals surface area (Å²) in [6, 6.07) is 90.2. The van der Waals surface area contributed by atoms with Crippen molar-refractivity contribution < 1.29 is 4.42 Å². The Morgan fingerprint density at radius 1 is 0.258 bits per heavy atom. The monoisotopic (exact) mass is 839 g/mol. The molecular weight excluding hydrogens is 799 g/mol. The number of anilines is 3. The average molecular weight is 840 g/mol. The van der Waals surface area contributed by atoms with Crippen molar-refractivity contribution in [3.63, 3.8) is 0 Å². The second kappa shape index (κ2) is 15.5. The SMILES string of the molecule is c1ccc(-c2c(-c3cccc(N(c4ccc(-c5cccc6ccccc56)cc4)c4ccccc4-c4cccc5c4oc4c6ccccc6ccc54)c3)c3ccccc3c3ccccc23)cc1. The van der Waals surface area contributed by atoms with Crippen molar-refractivity contribution >= 4 is 82.1 Å². The molecule has 0 amide bonds. The molecule has 1 heterocycles. The zero-order valence-electron chi connectivity index (χ0n) is 36.0. The lowest BCUT2D eigenvalue weighted by Crippen LogP contribution is -2.11. The van der Waals surface area contributed by atoms with Crippen LogP contribution in [0.5, 0.6) is 0 Å². The average Bonchev–Trinajstić information content (AvgIpc) is 3.79. The molecule has 0 aliphatic heterocycles. The number of para-hydroxylation sites is 2. The summed E-state index contributed by atoms with van der Waals surface area (Å²) >= 11 is 0. The van der Waals surface area contributed by atoms with Crippen molar-refractivity contribution in [2.24, 2.45) is 0 Å². The Morgan fingerprint density at radius 3 is 1.55 bits per heavy atom. The summed E-state index contributed by atoms with van der Waals surface area (Å²) in [5.74, 6) is 0. The number of fused-ring (bicyclic) bond motifs is 9. The Bertz CT molecular complexity index is 3990. The van der Waals surface area contributed by atoms with Gasteiger partial charge < -0.3 is 9.32 Å². The predicted molar refractivity (Wildman–Crippen MR) is 280 cm³/mol. The maximum atomic E-state index is 6.99. The van der Waals surface area contributed by atoms with Gasteiger partial charge in [0.1, 0.15) is 11.2 Å². The minimum absolute atomic E-state index is 0.881. The van der Waals surface area contributed by atoms with Gasteiger partial charge in [0.05, 0.1) is 5.69 Å². The lowest BCUT2D eigenvalue weighted by atomic mass is 9.85. The van der Waals surface area contributed by atoms with E-state index in [4.69, 9.17) is 4.42 Å². The first-order chi connectivity index (χ1) is 32.8. The zero-order chi connectivity index (χ0) is 43.6. The van der Waals surface area contributed by atoms with Crippen LogP contribution in [0.2, 0.25) is 0 Å². The van der Waals surface area contributed by atoms with Crippen LogP contribution in [0.1, 0.15) is 0 Å². The zero-order valence-corrected chi connectivity index (χ0v) is 36.0. The fourth-order valence-electron chi connectivity index (χ4n) is 10.5. The molecule has 0 bridgehead atoms. The van der Waals surface area contributed by atoms with E-state index in [-0.39, 0.29) is 0 Å². The first-order valence-corrected chi connectivity index (χ1v) is 22.7. The third kappa shape index (κ3) is 6.11. The molecule has 1 aromatic heterocycles. The van der Waals surface area contributed by atoms with Gasteiger partial charge in [0, 0.05) is 38.7 Å². The van der Waals surface area contributed by atoms with Gasteiger partial charge in [-0.05, 0) is 107 Å². The summed E-state index contributed by atoms with van der Waals surface area (Å²) in [7, 11) is 0. The van der Waals surface area contributed by atoms with Gasteiger partial charge in [-0.3, -0.25) is 0 Å². The summed E-state index contributed by atoms with van der Waals surface area (Å²) in [5, 5.41) is 11.9. The van der Waals surface area contributed by atoms with Crippen LogP contribution in [0.25, 0.3) is 110 Å². The Kier molecular flexibility index (Phi) is 8.89. The smallest absolute Gasteiger partial charge is 0.143 e. The highest BCUT2D eigenvalue weighted by molar-refractivity contribution is 6.22. The normalized spacial score (nSPS) is 11.6. The predicted octanol–water partition coefficient (Wildman–Crippen LogP) is 18.3. The Hall–Kier alpha value is -8.72. The molecule has 13 aromatic rings. The molecule has 2 heteroatoms. The fourth-order valence-corrected chi connectivity index (χ4v) is 10.5. The van der Waals surface area contributed by atoms with Crippen LogP contribution in [0.3, 0.4) is 0 Å². The van der Waals surface area contributed by atoms with Gasteiger partial charge in [0.25, 0.3) is 0 Å². The van der Waals surface area contributed by atoms with E-state index in [1.54, 1.807) is 0 Å². The molecule has 0 saturated carbocycles. The number of benzene rings is 12. The summed E-state index contributed by atoms with van der Waals surface area (Å²) in [5.41, 5.74) is 14.3. The number of hydrogen-bond acceptors (Lipinski definition) is 2. The molecule has 13 rings (SSSR count). The fraction of sp³-hybridized carbons (Fsp3) is 0. The van der Waals surface area contributed by atoms with Crippen LogP contribution in [0.15, 0.2) is 253 Å². The van der Waals surface area contributed by atoms with Crippen LogP contribution in [0, 0.1) is 0 Å². The third-order valence-corrected chi connectivity index (χ3v) is 13.4. The molecule has 2 nitrogen and oxygen atoms in total. The van der Waals surface area contributed by atoms with Crippen LogP contribution < -0.4 is 4.90 Å². The first kappa shape index (κ1) is 37.8. The minimum atomic E-state index is 0.881. The molecule has 0 atom stereocenters. The Balaban J connectivity index is 1.05. The molecule has 0 N–H and O–H groups in total. The van der Waals surface area contributed by atoms with Crippen molar-refractivity contribution in [3.05, 3.63) is 249 Å². The van der Waals surface area contributed by atoms with Crippen LogP contribution in [-0.4, -0.2) is 0 Å². The topological polar surface area (TPSA) is 16.4 Å². The molecular formula is C64H41NO. The van der Waals surface area contributed by atoms with Gasteiger partial charge in [-0.1, -0.05) is 212 Å². The summed E-state index contributed by atoms with van der Waals surface area (Å²) < 4.78 is 6.99. The van der Waals surface area contributed by atoms with E-state index in [0.29, 0.717) is 0 Å². The van der Waals surface area contributed by atoms with Gasteiger partial charge in [0.15, 0.2) is 0 Å². The van der Waals surface area contributed by atoms with Crippen LogP contribution in [-0.2, 0) is 0 Å². The number of nitrogens with zero attached hydrogens (tertiary/aromatic N) is 1. The summed E-state index contributed by atoms with van der Waals surface area (Å²) in [6.45, 7) is 0. The van der Waals surface area contributed by atoms with Gasteiger partial charge in [-0.25, -0.2) is 0 Å². The summed E-state index contributed by atoms with van der Waals surface area (Å²) in [4.78, 5) is 2.42. The van der Waals surface area contributed by atoms with Crippen LogP contribution >= 0.6 is 0 Å². The Morgan fingerprint density at radius 2 is 0.773 bits per heavy atom. The lowest BCUT2D eigenvalue weighted by Gasteiger charge is -2.29. The number of furan rings is 1. The van der Waals surface area contributed by atoms with E-state index in [1.165, 1.54) is 65.5 Å². The highest BCUT2D eigenvalue weighted by atomic mass is 16.3. The van der Waals surface area contributed by atoms with Crippen molar-refractivity contribution in [2.75, 3.05) is 4.90 Å². The molecule has 308 valence electrons. The molecule has 0 saturated heterocycles. The second-order valence-corrected chi connectivity index (χ2v) is 17.1. The number of hydrogen-bond donors (Lipinski definition) is 0. The largest absolute Gasteiger partial charge is 0.455 e. The molecule has 0 aliphatic rings. The van der Waals surface area contributed by atoms with Gasteiger partial charge >= 0.3 is 0 Å². The van der Waals surface area contributed by atoms with E-state index in [9.17, 15) is 0 Å². The van der Waals surface area contributed by atoms with E-state index >= 15 is 0 Å². The van der Waals surface area contributed by atoms with E-state index in [2.05, 4.69) is 254 Å². The quantitative estimate of drug-likeness (QED) is 0.149. The highest BCUT2D eigenvalue weighted by Crippen LogP contribution is 2.49. The molecule has 12 aromatic carbocycles. The van der Waals surface area contributed by atoms with Gasteiger partial charge in [-0.15, -0.1) is 0 Å². The van der Waals surface area contributed by atoms with Crippen molar-refractivity contribution in [2.45, 2.75) is 0 Å². The molecule has 0 aliphatic carbocycles. The highest BCUT2D eigenvalue weighted by Gasteiger charge is 2.23. The third-order valence-electron chi connectivity index (χ3n) is 13.4. The van der Waals surface area contributed by atoms with Crippen LogP contribution in [0.4, 0.5) is 17.1 Å². The minimum Gasteiger partial charge on any atom is -0.455 e. The standard InChI is InChI=1S/C64H41NO/c1-2-19-45(20-3-1)61-55-29-10-8-26-52(55)53-27-9-11-30-56(53)62(61)46-22-14-23-48(41-46)65(47-38-35-44(36-39-47)50-31-15-21-42-17-4-6-24-49(42)50)60-34-13-12-28-54(60)57-32-16-33-58-59-40-37-43-18-5-7-25-51(43)63(59)66-64(57)58/h1-41H. The molecule has 0 unspecified atom stereocenters. The Labute approximate surface area is 382 Å². The summed E-state index contributed by atoms with van der Waals surface area (Å²) in [6.07, 6.45) is 0. The maximum absolute atomic E-state index is 6.99. The van der Waals surface area contributed by atoms with E-state index in [1.807, 2.05) is 0 Å². The lowest BCUT2D eigenvalue weighted by molar-refractivity contribution is 0.674. The second-order valence-electron chi connectivity index (χ2n) is 17.1. The van der Waals surface area contributed by atoms with E-state index in [0.717, 1.165) is 61.1 Å².